The van der Waals surface area contributed by atoms with Crippen molar-refractivity contribution in [1.29, 1.82) is 10.8 Å². The number of nitrogens with two attached hydrogens (primary N) is 2. The van der Waals surface area contributed by atoms with Crippen LogP contribution in [0.5, 0.6) is 0 Å². The van der Waals surface area contributed by atoms with Crippen molar-refractivity contribution in [1.82, 2.24) is 0 Å². The van der Waals surface area contributed by atoms with Crippen LogP contribution in [0.1, 0.15) is 6.92 Å². The van der Waals surface area contributed by atoms with Gasteiger partial charge in [-0.05, 0) is 12.1 Å². The standard InChI is InChI=1S/C8H11N5.C2H4O2/c9-7(10)13(8(11)12)6-4-2-1-3-5-6;1-2(3)4/h1-5H,(H3,9,10)(H3,11,12);1H3,(H,3,4). The molecular weight excluding hydrogens is 222 g/mol. The van der Waals surface area contributed by atoms with Gasteiger partial charge in [-0.2, -0.15) is 0 Å². The fourth-order valence-electron chi connectivity index (χ4n) is 0.985. The fourth-order valence-corrected chi connectivity index (χ4v) is 0.985. The molecule has 0 amide bonds. The number of para-hydroxylation sites is 1. The third-order valence-corrected chi connectivity index (χ3v) is 1.50. The van der Waals surface area contributed by atoms with E-state index in [9.17, 15) is 0 Å². The maximum atomic E-state index is 9.00. The highest BCUT2D eigenvalue weighted by molar-refractivity contribution is 6.14. The minimum Gasteiger partial charge on any atom is -0.481 e. The SMILES string of the molecule is CC(=O)O.N=C(N)N(C(=N)N)c1ccccc1. The first kappa shape index (κ1) is 14.4. The number of guanidine groups is 2. The van der Waals surface area contributed by atoms with E-state index in [0.717, 1.165) is 11.8 Å². The van der Waals surface area contributed by atoms with Crippen LogP contribution in [0.25, 0.3) is 0 Å². The first-order valence-corrected chi connectivity index (χ1v) is 4.59. The van der Waals surface area contributed by atoms with Crippen molar-refractivity contribution < 1.29 is 9.90 Å². The zero-order valence-corrected chi connectivity index (χ0v) is 9.34. The molecule has 0 aromatic heterocycles. The van der Waals surface area contributed by atoms with Gasteiger partial charge in [0.15, 0.2) is 11.9 Å². The predicted octanol–water partition coefficient (Wildman–Crippen LogP) is 0.371. The largest absolute Gasteiger partial charge is 0.481 e. The molecule has 0 aliphatic rings. The Morgan fingerprint density at radius 3 is 1.82 bits per heavy atom. The Labute approximate surface area is 98.7 Å². The van der Waals surface area contributed by atoms with Crippen LogP contribution in [0.4, 0.5) is 5.69 Å². The summed E-state index contributed by atoms with van der Waals surface area (Å²) in [4.78, 5) is 10.1. The lowest BCUT2D eigenvalue weighted by Gasteiger charge is -2.19. The van der Waals surface area contributed by atoms with Crippen molar-refractivity contribution in [3.63, 3.8) is 0 Å². The van der Waals surface area contributed by atoms with E-state index in [1.54, 1.807) is 24.3 Å². The van der Waals surface area contributed by atoms with Gasteiger partial charge in [0, 0.05) is 6.92 Å². The molecule has 92 valence electrons. The summed E-state index contributed by atoms with van der Waals surface area (Å²) in [5, 5.41) is 21.8. The van der Waals surface area contributed by atoms with E-state index in [4.69, 9.17) is 32.2 Å². The molecule has 0 saturated carbocycles. The molecule has 0 radical (unpaired) electrons. The molecule has 0 aliphatic carbocycles. The van der Waals surface area contributed by atoms with E-state index in [2.05, 4.69) is 0 Å². The summed E-state index contributed by atoms with van der Waals surface area (Å²) in [6, 6.07) is 8.86. The lowest BCUT2D eigenvalue weighted by atomic mass is 10.3. The first-order valence-electron chi connectivity index (χ1n) is 4.59. The number of nitrogens with one attached hydrogen (secondary N) is 2. The number of carbonyl (C=O) groups is 1. The van der Waals surface area contributed by atoms with E-state index in [1.165, 1.54) is 0 Å². The summed E-state index contributed by atoms with van der Waals surface area (Å²) in [5.74, 6) is -1.36. The number of rotatable bonds is 1. The number of hydrogen-bond acceptors (Lipinski definition) is 3. The topological polar surface area (TPSA) is 140 Å². The highest BCUT2D eigenvalue weighted by Gasteiger charge is 2.10. The molecule has 17 heavy (non-hydrogen) atoms. The summed E-state index contributed by atoms with van der Waals surface area (Å²) in [5.41, 5.74) is 11.1. The quantitative estimate of drug-likeness (QED) is 0.354. The number of aliphatic carboxylic acids is 1. The molecule has 7 N–H and O–H groups in total. The Kier molecular flexibility index (Phi) is 5.80. The van der Waals surface area contributed by atoms with Crippen LogP contribution in [-0.2, 0) is 4.79 Å². The minimum absolute atomic E-state index is 0.265. The molecule has 1 rings (SSSR count). The number of nitrogens with zero attached hydrogens (tertiary/aromatic N) is 1. The van der Waals surface area contributed by atoms with Crippen LogP contribution in [0.15, 0.2) is 30.3 Å². The molecule has 0 saturated heterocycles. The van der Waals surface area contributed by atoms with Gasteiger partial charge in [-0.3, -0.25) is 20.5 Å². The zero-order valence-electron chi connectivity index (χ0n) is 9.34. The second-order valence-electron chi connectivity index (χ2n) is 2.96. The van der Waals surface area contributed by atoms with Gasteiger partial charge in [0.05, 0.1) is 5.69 Å². The van der Waals surface area contributed by atoms with Gasteiger partial charge in [-0.1, -0.05) is 18.2 Å². The van der Waals surface area contributed by atoms with Crippen LogP contribution in [0.3, 0.4) is 0 Å². The molecule has 7 heteroatoms. The van der Waals surface area contributed by atoms with E-state index in [1.807, 2.05) is 6.07 Å². The Bertz CT molecular complexity index is 386. The third-order valence-electron chi connectivity index (χ3n) is 1.50. The van der Waals surface area contributed by atoms with E-state index >= 15 is 0 Å². The third kappa shape index (κ3) is 5.78. The van der Waals surface area contributed by atoms with Crippen LogP contribution in [0, 0.1) is 10.8 Å². The van der Waals surface area contributed by atoms with Crippen molar-refractivity contribution in [2.45, 2.75) is 6.92 Å². The van der Waals surface area contributed by atoms with Crippen LogP contribution >= 0.6 is 0 Å². The molecule has 1 aromatic rings. The van der Waals surface area contributed by atoms with Crippen molar-refractivity contribution in [2.75, 3.05) is 4.90 Å². The maximum absolute atomic E-state index is 9.00. The van der Waals surface area contributed by atoms with Crippen LogP contribution < -0.4 is 16.4 Å². The van der Waals surface area contributed by atoms with Crippen molar-refractivity contribution in [2.24, 2.45) is 11.5 Å². The molecule has 0 spiro atoms. The summed E-state index contributed by atoms with van der Waals surface area (Å²) < 4.78 is 0. The Hall–Kier alpha value is -2.57. The highest BCUT2D eigenvalue weighted by Crippen LogP contribution is 2.11. The number of carboxylic acid groups (broad SMARTS) is 1. The molecule has 0 unspecified atom stereocenters. The van der Waals surface area contributed by atoms with Crippen molar-refractivity contribution in [3.8, 4) is 0 Å². The van der Waals surface area contributed by atoms with Crippen molar-refractivity contribution >= 4 is 23.6 Å². The van der Waals surface area contributed by atoms with Gasteiger partial charge in [0.1, 0.15) is 0 Å². The average molecular weight is 237 g/mol. The Morgan fingerprint density at radius 1 is 1.18 bits per heavy atom. The predicted molar refractivity (Wildman–Crippen MR) is 66.1 cm³/mol. The summed E-state index contributed by atoms with van der Waals surface area (Å²) >= 11 is 0. The molecule has 0 fully saturated rings. The Balaban J connectivity index is 0.000000557. The molecule has 1 aromatic carbocycles. The lowest BCUT2D eigenvalue weighted by Crippen LogP contribution is -2.45. The second-order valence-corrected chi connectivity index (χ2v) is 2.96. The second kappa shape index (κ2) is 6.83. The molecule has 0 atom stereocenters. The zero-order chi connectivity index (χ0) is 13.4. The van der Waals surface area contributed by atoms with E-state index < -0.39 is 5.97 Å². The first-order chi connectivity index (χ1) is 7.86. The van der Waals surface area contributed by atoms with Gasteiger partial charge in [-0.25, -0.2) is 0 Å². The summed E-state index contributed by atoms with van der Waals surface area (Å²) in [6.07, 6.45) is 0. The number of anilines is 1. The molecule has 0 aliphatic heterocycles. The highest BCUT2D eigenvalue weighted by atomic mass is 16.4. The summed E-state index contributed by atoms with van der Waals surface area (Å²) in [7, 11) is 0. The van der Waals surface area contributed by atoms with E-state index in [-0.39, 0.29) is 11.9 Å². The van der Waals surface area contributed by atoms with Gasteiger partial charge >= 0.3 is 0 Å². The van der Waals surface area contributed by atoms with Crippen LogP contribution in [0.2, 0.25) is 0 Å². The van der Waals surface area contributed by atoms with Gasteiger partial charge in [0.2, 0.25) is 0 Å². The number of carboxylic acids is 1. The minimum atomic E-state index is -0.833. The van der Waals surface area contributed by atoms with Crippen LogP contribution in [-0.4, -0.2) is 23.0 Å². The molecule has 7 nitrogen and oxygen atoms in total. The Morgan fingerprint density at radius 2 is 1.53 bits per heavy atom. The van der Waals surface area contributed by atoms with Crippen molar-refractivity contribution in [3.05, 3.63) is 30.3 Å². The lowest BCUT2D eigenvalue weighted by molar-refractivity contribution is -0.134. The average Bonchev–Trinajstić information content (AvgIpc) is 2.17. The van der Waals surface area contributed by atoms with Gasteiger partial charge < -0.3 is 16.6 Å². The maximum Gasteiger partial charge on any atom is 0.300 e. The molecule has 0 heterocycles. The molecule has 0 bridgehead atoms. The fraction of sp³-hybridized carbons (Fsp3) is 0.100. The smallest absolute Gasteiger partial charge is 0.300 e. The van der Waals surface area contributed by atoms with E-state index in [0.29, 0.717) is 5.69 Å². The molecular formula is C10H15N5O2. The van der Waals surface area contributed by atoms with Gasteiger partial charge in [-0.15, -0.1) is 0 Å². The van der Waals surface area contributed by atoms with Gasteiger partial charge in [0.25, 0.3) is 5.97 Å². The monoisotopic (exact) mass is 237 g/mol. The number of benzene rings is 1. The summed E-state index contributed by atoms with van der Waals surface area (Å²) in [6.45, 7) is 1.08. The number of hydrogen-bond donors (Lipinski definition) is 5. The normalized spacial score (nSPS) is 8.53.